The number of hydrogen-bond acceptors (Lipinski definition) is 3. The number of pyridine rings is 1. The lowest BCUT2D eigenvalue weighted by atomic mass is 9.93. The van der Waals surface area contributed by atoms with Crippen molar-refractivity contribution in [3.8, 4) is 17.0 Å². The van der Waals surface area contributed by atoms with Crippen molar-refractivity contribution in [3.63, 3.8) is 0 Å². The third kappa shape index (κ3) is 4.11. The molecule has 1 N–H and O–H groups in total. The van der Waals surface area contributed by atoms with Gasteiger partial charge in [-0.15, -0.1) is 0 Å². The summed E-state index contributed by atoms with van der Waals surface area (Å²) in [5.74, 6) is 1.28. The fourth-order valence-corrected chi connectivity index (χ4v) is 4.60. The minimum absolute atomic E-state index is 0.186. The number of carbonyl (C=O) groups is 1. The topological polar surface area (TPSA) is 58.2 Å². The van der Waals surface area contributed by atoms with E-state index in [-0.39, 0.29) is 11.8 Å². The van der Waals surface area contributed by atoms with Gasteiger partial charge >= 0.3 is 0 Å². The summed E-state index contributed by atoms with van der Waals surface area (Å²) in [6, 6.07) is 22.3. The van der Waals surface area contributed by atoms with E-state index in [0.717, 1.165) is 65.1 Å². The van der Waals surface area contributed by atoms with Crippen LogP contribution in [0.15, 0.2) is 72.9 Å². The van der Waals surface area contributed by atoms with Crippen molar-refractivity contribution in [3.05, 3.63) is 84.2 Å². The van der Waals surface area contributed by atoms with Gasteiger partial charge in [0.2, 0.25) is 5.91 Å². The van der Waals surface area contributed by atoms with Crippen LogP contribution in [-0.4, -0.2) is 41.0 Å². The molecule has 0 saturated carbocycles. The Hall–Kier alpha value is -3.60. The second kappa shape index (κ2) is 8.87. The number of carbonyl (C=O) groups excluding carboxylic acids is 1. The number of nitrogens with one attached hydrogen (secondary N) is 1. The van der Waals surface area contributed by atoms with E-state index >= 15 is 0 Å². The van der Waals surface area contributed by atoms with Gasteiger partial charge in [-0.05, 0) is 60.9 Å². The number of para-hydroxylation sites is 1. The molecule has 0 aliphatic carbocycles. The maximum absolute atomic E-state index is 13.1. The largest absolute Gasteiger partial charge is 0.497 e. The first-order valence-corrected chi connectivity index (χ1v) is 11.2. The predicted octanol–water partition coefficient (Wildman–Crippen LogP) is 5.19. The number of fused-ring (bicyclic) bond motifs is 1. The van der Waals surface area contributed by atoms with E-state index in [0.29, 0.717) is 6.42 Å². The smallest absolute Gasteiger partial charge is 0.227 e. The van der Waals surface area contributed by atoms with E-state index in [1.165, 1.54) is 0 Å². The number of aromatic amines is 1. The van der Waals surface area contributed by atoms with Gasteiger partial charge in [-0.3, -0.25) is 9.78 Å². The lowest BCUT2D eigenvalue weighted by Crippen LogP contribution is -2.40. The van der Waals surface area contributed by atoms with Crippen molar-refractivity contribution in [1.82, 2.24) is 14.9 Å². The zero-order valence-electron chi connectivity index (χ0n) is 18.3. The highest BCUT2D eigenvalue weighted by Gasteiger charge is 2.26. The highest BCUT2D eigenvalue weighted by molar-refractivity contribution is 5.89. The molecule has 1 amide bonds. The summed E-state index contributed by atoms with van der Waals surface area (Å²) < 4.78 is 5.26. The molecule has 4 aromatic rings. The fraction of sp³-hybridized carbons (Fsp3) is 0.259. The van der Waals surface area contributed by atoms with Gasteiger partial charge in [-0.25, -0.2) is 0 Å². The van der Waals surface area contributed by atoms with Crippen LogP contribution in [-0.2, 0) is 11.2 Å². The number of H-pyrrole nitrogens is 1. The van der Waals surface area contributed by atoms with Crippen molar-refractivity contribution in [2.75, 3.05) is 20.2 Å². The molecule has 2 aromatic carbocycles. The van der Waals surface area contributed by atoms with Crippen LogP contribution in [0.4, 0.5) is 0 Å². The van der Waals surface area contributed by atoms with E-state index < -0.39 is 0 Å². The summed E-state index contributed by atoms with van der Waals surface area (Å²) in [7, 11) is 1.67. The van der Waals surface area contributed by atoms with E-state index in [9.17, 15) is 4.79 Å². The van der Waals surface area contributed by atoms with Crippen molar-refractivity contribution in [2.24, 2.45) is 0 Å². The number of methoxy groups -OCH3 is 1. The molecule has 3 heterocycles. The molecule has 32 heavy (non-hydrogen) atoms. The number of nitrogens with zero attached hydrogens (tertiary/aromatic N) is 2. The number of ether oxygens (including phenoxy) is 1. The maximum Gasteiger partial charge on any atom is 0.227 e. The summed E-state index contributed by atoms with van der Waals surface area (Å²) in [4.78, 5) is 23.3. The second-order valence-electron chi connectivity index (χ2n) is 8.39. The zero-order valence-corrected chi connectivity index (χ0v) is 18.3. The number of likely N-dealkylation sites (tertiary alicyclic amines) is 1. The molecule has 1 aliphatic heterocycles. The van der Waals surface area contributed by atoms with Gasteiger partial charge in [0.15, 0.2) is 0 Å². The average Bonchev–Trinajstić information content (AvgIpc) is 3.27. The van der Waals surface area contributed by atoms with E-state index in [1.807, 2.05) is 59.6 Å². The van der Waals surface area contributed by atoms with Gasteiger partial charge in [0.05, 0.1) is 19.2 Å². The Labute approximate surface area is 188 Å². The van der Waals surface area contributed by atoms with E-state index in [1.54, 1.807) is 7.11 Å². The van der Waals surface area contributed by atoms with Crippen LogP contribution < -0.4 is 4.74 Å². The molecule has 0 radical (unpaired) electrons. The van der Waals surface area contributed by atoms with Gasteiger partial charge in [-0.1, -0.05) is 24.3 Å². The Morgan fingerprint density at radius 1 is 1.09 bits per heavy atom. The summed E-state index contributed by atoms with van der Waals surface area (Å²) >= 11 is 0. The Morgan fingerprint density at radius 2 is 1.94 bits per heavy atom. The quantitative estimate of drug-likeness (QED) is 0.479. The molecule has 1 aliphatic rings. The van der Waals surface area contributed by atoms with Gasteiger partial charge in [-0.2, -0.15) is 0 Å². The first kappa shape index (κ1) is 20.3. The number of aromatic nitrogens is 2. The molecule has 5 nitrogen and oxygen atoms in total. The van der Waals surface area contributed by atoms with Crippen LogP contribution in [0.2, 0.25) is 0 Å². The summed E-state index contributed by atoms with van der Waals surface area (Å²) in [6.07, 6.45) is 4.44. The van der Waals surface area contributed by atoms with Crippen LogP contribution >= 0.6 is 0 Å². The van der Waals surface area contributed by atoms with Gasteiger partial charge in [0.25, 0.3) is 0 Å². The predicted molar refractivity (Wildman–Crippen MR) is 127 cm³/mol. The summed E-state index contributed by atoms with van der Waals surface area (Å²) in [6.45, 7) is 1.54. The Kier molecular flexibility index (Phi) is 5.63. The Bertz CT molecular complexity index is 1230. The third-order valence-electron chi connectivity index (χ3n) is 6.37. The number of rotatable bonds is 5. The normalized spacial score (nSPS) is 16.3. The van der Waals surface area contributed by atoms with E-state index in [2.05, 4.69) is 23.2 Å². The minimum atomic E-state index is 0.186. The molecule has 0 spiro atoms. The summed E-state index contributed by atoms with van der Waals surface area (Å²) in [5.41, 5.74) is 5.21. The van der Waals surface area contributed by atoms with Crippen molar-refractivity contribution in [2.45, 2.75) is 25.2 Å². The number of amides is 1. The fourth-order valence-electron chi connectivity index (χ4n) is 4.60. The van der Waals surface area contributed by atoms with Crippen LogP contribution in [0.3, 0.4) is 0 Å². The minimum Gasteiger partial charge on any atom is -0.497 e. The molecular weight excluding hydrogens is 398 g/mol. The van der Waals surface area contributed by atoms with Crippen molar-refractivity contribution in [1.29, 1.82) is 0 Å². The molecule has 5 rings (SSSR count). The molecule has 2 aromatic heterocycles. The monoisotopic (exact) mass is 425 g/mol. The molecule has 1 fully saturated rings. The summed E-state index contributed by atoms with van der Waals surface area (Å²) in [5, 5.41) is 1.13. The number of hydrogen-bond donors (Lipinski definition) is 1. The Balaban J connectivity index is 1.31. The van der Waals surface area contributed by atoms with Crippen LogP contribution in [0, 0.1) is 0 Å². The SMILES string of the molecule is COc1ccc(-c2cccc([C@H]3CCCN(C(=O)Cc4c[nH]c5ccccc45)C3)n2)cc1. The number of benzene rings is 2. The van der Waals surface area contributed by atoms with Gasteiger partial charge < -0.3 is 14.6 Å². The standard InChI is InChI=1S/C27H27N3O2/c1-32-22-13-11-19(12-14-22)24-9-4-10-25(29-24)20-6-5-15-30(18-20)27(31)16-21-17-28-26-8-3-2-7-23(21)26/h2-4,7-14,17,20,28H,5-6,15-16,18H2,1H3/t20-/m0/s1. The van der Waals surface area contributed by atoms with Crippen molar-refractivity contribution < 1.29 is 9.53 Å². The second-order valence-corrected chi connectivity index (χ2v) is 8.39. The molecule has 162 valence electrons. The van der Waals surface area contributed by atoms with E-state index in [4.69, 9.17) is 9.72 Å². The first-order valence-electron chi connectivity index (χ1n) is 11.2. The zero-order chi connectivity index (χ0) is 21.9. The van der Waals surface area contributed by atoms with Crippen LogP contribution in [0.1, 0.15) is 30.0 Å². The highest BCUT2D eigenvalue weighted by atomic mass is 16.5. The molecule has 1 saturated heterocycles. The Morgan fingerprint density at radius 3 is 2.78 bits per heavy atom. The highest BCUT2D eigenvalue weighted by Crippen LogP contribution is 2.29. The lowest BCUT2D eigenvalue weighted by molar-refractivity contribution is -0.131. The van der Waals surface area contributed by atoms with Crippen LogP contribution in [0.5, 0.6) is 5.75 Å². The third-order valence-corrected chi connectivity index (χ3v) is 6.37. The van der Waals surface area contributed by atoms with Crippen LogP contribution in [0.25, 0.3) is 22.2 Å². The first-order chi connectivity index (χ1) is 15.7. The average molecular weight is 426 g/mol. The molecule has 5 heteroatoms. The lowest BCUT2D eigenvalue weighted by Gasteiger charge is -2.32. The molecule has 0 unspecified atom stereocenters. The van der Waals surface area contributed by atoms with Gasteiger partial charge in [0.1, 0.15) is 5.75 Å². The maximum atomic E-state index is 13.1. The molecular formula is C27H27N3O2. The van der Waals surface area contributed by atoms with Crippen molar-refractivity contribution >= 4 is 16.8 Å². The molecule has 1 atom stereocenters. The number of piperidine rings is 1. The molecule has 0 bridgehead atoms. The van der Waals surface area contributed by atoms with Gasteiger partial charge in [0, 0.05) is 47.4 Å².